The van der Waals surface area contributed by atoms with Crippen LogP contribution >= 0.6 is 0 Å². The molecule has 0 spiro atoms. The van der Waals surface area contributed by atoms with E-state index in [-0.39, 0.29) is 11.7 Å². The van der Waals surface area contributed by atoms with Crippen molar-refractivity contribution >= 4 is 5.78 Å². The molecule has 2 rings (SSSR count). The molecule has 0 aromatic heterocycles. The first-order valence-electron chi connectivity index (χ1n) is 4.98. The number of hydrogen-bond donors (Lipinski definition) is 0. The lowest BCUT2D eigenvalue weighted by Crippen LogP contribution is -2.13. The van der Waals surface area contributed by atoms with E-state index in [9.17, 15) is 4.79 Å². The Hall–Kier alpha value is -1.15. The zero-order chi connectivity index (χ0) is 9.97. The van der Waals surface area contributed by atoms with Crippen molar-refractivity contribution in [3.8, 4) is 0 Å². The van der Waals surface area contributed by atoms with Crippen LogP contribution < -0.4 is 0 Å². The Balaban J connectivity index is 1.99. The molecule has 0 radical (unpaired) electrons. The van der Waals surface area contributed by atoms with Crippen molar-refractivity contribution < 1.29 is 9.53 Å². The molecule has 1 unspecified atom stereocenters. The highest BCUT2D eigenvalue weighted by molar-refractivity contribution is 5.97. The lowest BCUT2D eigenvalue weighted by molar-refractivity contribution is 0.0918. The Kier molecular flexibility index (Phi) is 2.64. The second-order valence-corrected chi connectivity index (χ2v) is 3.82. The van der Waals surface area contributed by atoms with Crippen molar-refractivity contribution in [3.05, 3.63) is 35.9 Å². The Labute approximate surface area is 83.9 Å². The molecular weight excluding hydrogens is 176 g/mol. The van der Waals surface area contributed by atoms with Crippen LogP contribution in [-0.4, -0.2) is 18.5 Å². The maximum Gasteiger partial charge on any atom is 0.165 e. The Morgan fingerprint density at radius 3 is 2.71 bits per heavy atom. The highest BCUT2D eigenvalue weighted by Gasteiger charge is 2.27. The Morgan fingerprint density at radius 2 is 2.14 bits per heavy atom. The summed E-state index contributed by atoms with van der Waals surface area (Å²) in [5, 5.41) is 0. The first-order valence-corrected chi connectivity index (χ1v) is 4.98. The molecule has 0 amide bonds. The van der Waals surface area contributed by atoms with E-state index in [0.717, 1.165) is 18.6 Å². The summed E-state index contributed by atoms with van der Waals surface area (Å²) in [7, 11) is 0. The number of carbonyl (C=O) groups excluding carboxylic acids is 1. The molecule has 1 aromatic carbocycles. The van der Waals surface area contributed by atoms with Crippen LogP contribution in [-0.2, 0) is 4.74 Å². The Bertz CT molecular complexity index is 314. The molecule has 1 heterocycles. The molecule has 1 saturated heterocycles. The van der Waals surface area contributed by atoms with Crippen molar-refractivity contribution in [1.29, 1.82) is 0 Å². The highest BCUT2D eigenvalue weighted by atomic mass is 16.6. The molecule has 2 heteroatoms. The maximum atomic E-state index is 11.9. The maximum absolute atomic E-state index is 11.9. The monoisotopic (exact) mass is 190 g/mol. The normalized spacial score (nSPS) is 21.6. The standard InChI is InChI=1S/C12H14O2/c1-9(7-11-8-14-11)12(13)10-5-3-2-4-6-10/h2-6,9,11H,7-8H2,1H3/t9?,11-/m0/s1. The second-order valence-electron chi connectivity index (χ2n) is 3.82. The largest absolute Gasteiger partial charge is 0.373 e. The topological polar surface area (TPSA) is 29.6 Å². The van der Waals surface area contributed by atoms with Gasteiger partial charge in [0.05, 0.1) is 12.7 Å². The number of hydrogen-bond acceptors (Lipinski definition) is 2. The first-order chi connectivity index (χ1) is 6.77. The molecule has 0 aliphatic carbocycles. The molecule has 0 N–H and O–H groups in total. The summed E-state index contributed by atoms with van der Waals surface area (Å²) in [5.74, 6) is 0.297. The molecule has 74 valence electrons. The van der Waals surface area contributed by atoms with Crippen molar-refractivity contribution in [2.45, 2.75) is 19.4 Å². The van der Waals surface area contributed by atoms with Crippen molar-refractivity contribution in [1.82, 2.24) is 0 Å². The van der Waals surface area contributed by atoms with E-state index in [1.54, 1.807) is 0 Å². The van der Waals surface area contributed by atoms with E-state index in [1.807, 2.05) is 37.3 Å². The number of carbonyl (C=O) groups is 1. The van der Waals surface area contributed by atoms with E-state index in [1.165, 1.54) is 0 Å². The average Bonchev–Trinajstić information content (AvgIpc) is 3.02. The van der Waals surface area contributed by atoms with Gasteiger partial charge in [0, 0.05) is 11.5 Å². The summed E-state index contributed by atoms with van der Waals surface area (Å²) in [6, 6.07) is 9.45. The summed E-state index contributed by atoms with van der Waals surface area (Å²) in [5.41, 5.74) is 0.806. The van der Waals surface area contributed by atoms with Gasteiger partial charge in [0.15, 0.2) is 5.78 Å². The van der Waals surface area contributed by atoms with Gasteiger partial charge in [-0.05, 0) is 6.42 Å². The number of ketones is 1. The molecule has 0 bridgehead atoms. The predicted octanol–water partition coefficient (Wildman–Crippen LogP) is 2.29. The minimum Gasteiger partial charge on any atom is -0.373 e. The van der Waals surface area contributed by atoms with Gasteiger partial charge in [-0.3, -0.25) is 4.79 Å². The third kappa shape index (κ3) is 2.20. The molecule has 2 atom stereocenters. The lowest BCUT2D eigenvalue weighted by Gasteiger charge is -2.07. The fourth-order valence-electron chi connectivity index (χ4n) is 1.59. The SMILES string of the molecule is CC(C[C@H]1CO1)C(=O)c1ccccc1. The fourth-order valence-corrected chi connectivity index (χ4v) is 1.59. The average molecular weight is 190 g/mol. The quantitative estimate of drug-likeness (QED) is 0.538. The third-order valence-electron chi connectivity index (χ3n) is 2.52. The van der Waals surface area contributed by atoms with Crippen LogP contribution in [0.2, 0.25) is 0 Å². The van der Waals surface area contributed by atoms with Crippen molar-refractivity contribution in [2.75, 3.05) is 6.61 Å². The van der Waals surface area contributed by atoms with Crippen LogP contribution in [0.15, 0.2) is 30.3 Å². The smallest absolute Gasteiger partial charge is 0.165 e. The van der Waals surface area contributed by atoms with Gasteiger partial charge in [0.25, 0.3) is 0 Å². The minimum absolute atomic E-state index is 0.0740. The molecule has 14 heavy (non-hydrogen) atoms. The van der Waals surface area contributed by atoms with Gasteiger partial charge < -0.3 is 4.74 Å². The van der Waals surface area contributed by atoms with Crippen LogP contribution in [0, 0.1) is 5.92 Å². The molecule has 2 nitrogen and oxygen atoms in total. The lowest BCUT2D eigenvalue weighted by atomic mass is 9.95. The van der Waals surface area contributed by atoms with Crippen LogP contribution in [0.3, 0.4) is 0 Å². The van der Waals surface area contributed by atoms with Crippen molar-refractivity contribution in [2.24, 2.45) is 5.92 Å². The zero-order valence-electron chi connectivity index (χ0n) is 8.27. The van der Waals surface area contributed by atoms with Gasteiger partial charge in [0.1, 0.15) is 0 Å². The van der Waals surface area contributed by atoms with Gasteiger partial charge in [-0.2, -0.15) is 0 Å². The van der Waals surface area contributed by atoms with Crippen molar-refractivity contribution in [3.63, 3.8) is 0 Å². The minimum atomic E-state index is 0.0740. The van der Waals surface area contributed by atoms with E-state index >= 15 is 0 Å². The summed E-state index contributed by atoms with van der Waals surface area (Å²) in [4.78, 5) is 11.9. The van der Waals surface area contributed by atoms with Crippen LogP contribution in [0.25, 0.3) is 0 Å². The molecule has 1 aromatic rings. The van der Waals surface area contributed by atoms with Crippen LogP contribution in [0.5, 0.6) is 0 Å². The number of ether oxygens (including phenoxy) is 1. The number of epoxide rings is 1. The molecule has 1 fully saturated rings. The fraction of sp³-hybridized carbons (Fsp3) is 0.417. The highest BCUT2D eigenvalue weighted by Crippen LogP contribution is 2.21. The van der Waals surface area contributed by atoms with Gasteiger partial charge in [-0.15, -0.1) is 0 Å². The number of Topliss-reactive ketones (excluding diaryl/α,β-unsaturated/α-hetero) is 1. The van der Waals surface area contributed by atoms with Crippen LogP contribution in [0.4, 0.5) is 0 Å². The number of benzene rings is 1. The second kappa shape index (κ2) is 3.93. The van der Waals surface area contributed by atoms with Gasteiger partial charge in [-0.25, -0.2) is 0 Å². The summed E-state index contributed by atoms with van der Waals surface area (Å²) >= 11 is 0. The summed E-state index contributed by atoms with van der Waals surface area (Å²) in [6.07, 6.45) is 1.19. The Morgan fingerprint density at radius 1 is 1.50 bits per heavy atom. The van der Waals surface area contributed by atoms with E-state index in [0.29, 0.717) is 6.10 Å². The molecule has 1 aliphatic heterocycles. The predicted molar refractivity (Wildman–Crippen MR) is 54.3 cm³/mol. The van der Waals surface area contributed by atoms with Gasteiger partial charge in [-0.1, -0.05) is 37.3 Å². The first kappa shape index (κ1) is 9.41. The molecule has 0 saturated carbocycles. The van der Waals surface area contributed by atoms with Gasteiger partial charge in [0.2, 0.25) is 0 Å². The van der Waals surface area contributed by atoms with Crippen LogP contribution in [0.1, 0.15) is 23.7 Å². The van der Waals surface area contributed by atoms with Gasteiger partial charge >= 0.3 is 0 Å². The van der Waals surface area contributed by atoms with E-state index < -0.39 is 0 Å². The van der Waals surface area contributed by atoms with E-state index in [4.69, 9.17) is 4.74 Å². The zero-order valence-corrected chi connectivity index (χ0v) is 8.27. The third-order valence-corrected chi connectivity index (χ3v) is 2.52. The van der Waals surface area contributed by atoms with E-state index in [2.05, 4.69) is 0 Å². The molecular formula is C12H14O2. The molecule has 1 aliphatic rings. The number of rotatable bonds is 4. The summed E-state index contributed by atoms with van der Waals surface area (Å²) < 4.78 is 5.11. The summed E-state index contributed by atoms with van der Waals surface area (Å²) in [6.45, 7) is 2.80.